The highest BCUT2D eigenvalue weighted by atomic mass is 16.6. The average Bonchev–Trinajstić information content (AvgIpc) is 3.03. The van der Waals surface area contributed by atoms with E-state index < -0.39 is 11.7 Å². The van der Waals surface area contributed by atoms with Gasteiger partial charge in [-0.2, -0.15) is 0 Å². The summed E-state index contributed by atoms with van der Waals surface area (Å²) < 4.78 is 5.40. The van der Waals surface area contributed by atoms with Crippen molar-refractivity contribution in [2.75, 3.05) is 26.2 Å². The number of likely N-dealkylation sites (tertiary alicyclic amines) is 1. The summed E-state index contributed by atoms with van der Waals surface area (Å²) in [6, 6.07) is 9.43. The molecule has 0 spiro atoms. The van der Waals surface area contributed by atoms with E-state index in [1.807, 2.05) is 62.9 Å². The number of aliphatic hydroxyl groups excluding tert-OH is 1. The van der Waals surface area contributed by atoms with E-state index in [1.54, 1.807) is 0 Å². The van der Waals surface area contributed by atoms with Gasteiger partial charge >= 0.3 is 6.09 Å². The van der Waals surface area contributed by atoms with Gasteiger partial charge < -0.3 is 25.4 Å². The van der Waals surface area contributed by atoms with Crippen molar-refractivity contribution in [3.8, 4) is 0 Å². The molecule has 0 aliphatic carbocycles. The van der Waals surface area contributed by atoms with Gasteiger partial charge in [-0.15, -0.1) is 0 Å². The minimum Gasteiger partial charge on any atom is -0.444 e. The first kappa shape index (κ1) is 21.0. The molecule has 150 valence electrons. The van der Waals surface area contributed by atoms with Crippen LogP contribution in [0.2, 0.25) is 0 Å². The van der Waals surface area contributed by atoms with E-state index in [9.17, 15) is 9.90 Å². The van der Waals surface area contributed by atoms with E-state index >= 15 is 0 Å². The molecule has 0 aromatic heterocycles. The topological polar surface area (TPSA) is 86.2 Å². The monoisotopic (exact) mass is 376 g/mol. The lowest BCUT2D eigenvalue weighted by molar-refractivity contribution is 0.0505. The molecule has 27 heavy (non-hydrogen) atoms. The van der Waals surface area contributed by atoms with Crippen molar-refractivity contribution in [3.05, 3.63) is 35.9 Å². The number of guanidine groups is 1. The Morgan fingerprint density at radius 3 is 2.63 bits per heavy atom. The van der Waals surface area contributed by atoms with Gasteiger partial charge in [-0.3, -0.25) is 4.99 Å². The van der Waals surface area contributed by atoms with Crippen molar-refractivity contribution < 1.29 is 14.6 Å². The highest BCUT2D eigenvalue weighted by Crippen LogP contribution is 2.16. The summed E-state index contributed by atoms with van der Waals surface area (Å²) >= 11 is 0. The molecule has 1 amide bonds. The Hall–Kier alpha value is -2.28. The second-order valence-electron chi connectivity index (χ2n) is 7.69. The van der Waals surface area contributed by atoms with Gasteiger partial charge in [-0.25, -0.2) is 4.79 Å². The summed E-state index contributed by atoms with van der Waals surface area (Å²) in [5.41, 5.74) is 0.402. The molecule has 1 aliphatic heterocycles. The van der Waals surface area contributed by atoms with Gasteiger partial charge in [0.05, 0.1) is 18.7 Å². The second kappa shape index (κ2) is 9.60. The zero-order valence-corrected chi connectivity index (χ0v) is 16.7. The Balaban J connectivity index is 2.13. The molecule has 1 heterocycles. The van der Waals surface area contributed by atoms with Gasteiger partial charge in [-0.05, 0) is 39.7 Å². The van der Waals surface area contributed by atoms with E-state index in [2.05, 4.69) is 10.6 Å². The van der Waals surface area contributed by atoms with Gasteiger partial charge in [0.15, 0.2) is 5.96 Å². The van der Waals surface area contributed by atoms with Gasteiger partial charge in [-0.1, -0.05) is 30.3 Å². The predicted molar refractivity (Wildman–Crippen MR) is 107 cm³/mol. The first-order valence-corrected chi connectivity index (χ1v) is 9.54. The fraction of sp³-hybridized carbons (Fsp3) is 0.600. The molecule has 1 aromatic rings. The first-order chi connectivity index (χ1) is 12.8. The van der Waals surface area contributed by atoms with Crippen LogP contribution >= 0.6 is 0 Å². The normalized spacial score (nSPS) is 18.9. The van der Waals surface area contributed by atoms with Crippen LogP contribution in [-0.4, -0.2) is 59.9 Å². The molecule has 2 rings (SSSR count). The molecule has 7 heteroatoms. The van der Waals surface area contributed by atoms with Gasteiger partial charge in [0.1, 0.15) is 5.60 Å². The molecule has 2 atom stereocenters. The Labute approximate surface area is 161 Å². The third-order valence-electron chi connectivity index (χ3n) is 4.11. The van der Waals surface area contributed by atoms with E-state index in [4.69, 9.17) is 9.73 Å². The van der Waals surface area contributed by atoms with E-state index in [0.29, 0.717) is 13.1 Å². The number of amides is 1. The van der Waals surface area contributed by atoms with Crippen molar-refractivity contribution >= 4 is 12.1 Å². The minimum atomic E-state index is -0.560. The van der Waals surface area contributed by atoms with Crippen LogP contribution < -0.4 is 10.6 Å². The summed E-state index contributed by atoms with van der Waals surface area (Å²) in [5.74, 6) is 0.751. The van der Waals surface area contributed by atoms with Gasteiger partial charge in [0, 0.05) is 19.6 Å². The summed E-state index contributed by atoms with van der Waals surface area (Å²) in [7, 11) is 0. The molecular formula is C20H32N4O3. The second-order valence-corrected chi connectivity index (χ2v) is 7.69. The average molecular weight is 377 g/mol. The summed E-state index contributed by atoms with van der Waals surface area (Å²) in [6.45, 7) is 9.97. The molecule has 1 aromatic carbocycles. The summed E-state index contributed by atoms with van der Waals surface area (Å²) in [4.78, 5) is 19.0. The highest BCUT2D eigenvalue weighted by molar-refractivity contribution is 5.80. The van der Waals surface area contributed by atoms with Crippen LogP contribution in [0.1, 0.15) is 45.7 Å². The number of aliphatic hydroxyl groups is 1. The third-order valence-corrected chi connectivity index (χ3v) is 4.11. The zero-order valence-electron chi connectivity index (χ0n) is 16.7. The summed E-state index contributed by atoms with van der Waals surface area (Å²) in [5, 5.41) is 16.0. The smallest absolute Gasteiger partial charge is 0.408 e. The maximum Gasteiger partial charge on any atom is 0.408 e. The van der Waals surface area contributed by atoms with Crippen molar-refractivity contribution in [2.45, 2.75) is 51.9 Å². The number of aliphatic imine (C=N–C) groups is 1. The van der Waals surface area contributed by atoms with Crippen LogP contribution in [0.5, 0.6) is 0 Å². The number of nitrogens with one attached hydrogen (secondary N) is 2. The van der Waals surface area contributed by atoms with Crippen molar-refractivity contribution in [1.29, 1.82) is 0 Å². The van der Waals surface area contributed by atoms with E-state index in [0.717, 1.165) is 31.0 Å². The van der Waals surface area contributed by atoms with Gasteiger partial charge in [0.25, 0.3) is 0 Å². The van der Waals surface area contributed by atoms with Crippen LogP contribution in [-0.2, 0) is 4.74 Å². The number of alkyl carbamates (subject to hydrolysis) is 1. The van der Waals surface area contributed by atoms with Crippen LogP contribution in [0.15, 0.2) is 35.3 Å². The molecule has 1 saturated heterocycles. The predicted octanol–water partition coefficient (Wildman–Crippen LogP) is 2.28. The Bertz CT molecular complexity index is 628. The maximum absolute atomic E-state index is 12.3. The first-order valence-electron chi connectivity index (χ1n) is 9.54. The maximum atomic E-state index is 12.3. The SMILES string of the molecule is CCNC(=NCC(NC(=O)OC(C)(C)C)c1ccccc1)N1CC[C@@H](O)C1. The molecular weight excluding hydrogens is 344 g/mol. The Kier molecular flexibility index (Phi) is 7.47. The largest absolute Gasteiger partial charge is 0.444 e. The Morgan fingerprint density at radius 2 is 2.07 bits per heavy atom. The quantitative estimate of drug-likeness (QED) is 0.542. The fourth-order valence-corrected chi connectivity index (χ4v) is 2.91. The highest BCUT2D eigenvalue weighted by Gasteiger charge is 2.24. The number of carbonyl (C=O) groups excluding carboxylic acids is 1. The number of β-amino-alcohol motifs (C(OH)–C–C–N with tert-alkyl or cyclic N) is 1. The molecule has 3 N–H and O–H groups in total. The lowest BCUT2D eigenvalue weighted by Gasteiger charge is -2.25. The molecule has 1 aliphatic rings. The number of hydrogen-bond acceptors (Lipinski definition) is 4. The molecule has 0 bridgehead atoms. The van der Waals surface area contributed by atoms with Crippen molar-refractivity contribution in [2.24, 2.45) is 4.99 Å². The lowest BCUT2D eigenvalue weighted by atomic mass is 10.1. The van der Waals surface area contributed by atoms with Crippen LogP contribution in [0, 0.1) is 0 Å². The number of ether oxygens (including phenoxy) is 1. The number of nitrogens with zero attached hydrogens (tertiary/aromatic N) is 2. The molecule has 1 unspecified atom stereocenters. The van der Waals surface area contributed by atoms with Gasteiger partial charge in [0.2, 0.25) is 0 Å². The molecule has 7 nitrogen and oxygen atoms in total. The number of benzene rings is 1. The van der Waals surface area contributed by atoms with Crippen LogP contribution in [0.25, 0.3) is 0 Å². The van der Waals surface area contributed by atoms with Crippen LogP contribution in [0.4, 0.5) is 4.79 Å². The lowest BCUT2D eigenvalue weighted by Crippen LogP contribution is -2.41. The van der Waals surface area contributed by atoms with E-state index in [1.165, 1.54) is 0 Å². The van der Waals surface area contributed by atoms with Crippen molar-refractivity contribution in [3.63, 3.8) is 0 Å². The molecule has 0 radical (unpaired) electrons. The minimum absolute atomic E-state index is 0.303. The fourth-order valence-electron chi connectivity index (χ4n) is 2.91. The third kappa shape index (κ3) is 7.09. The molecule has 1 fully saturated rings. The number of hydrogen-bond donors (Lipinski definition) is 3. The Morgan fingerprint density at radius 1 is 1.37 bits per heavy atom. The zero-order chi connectivity index (χ0) is 19.9. The number of rotatable bonds is 5. The number of carbonyl (C=O) groups is 1. The van der Waals surface area contributed by atoms with Crippen LogP contribution in [0.3, 0.4) is 0 Å². The molecule has 0 saturated carbocycles. The summed E-state index contributed by atoms with van der Waals surface area (Å²) in [6.07, 6.45) is -0.0466. The van der Waals surface area contributed by atoms with E-state index in [-0.39, 0.29) is 12.1 Å². The standard InChI is InChI=1S/C20H32N4O3/c1-5-21-18(24-12-11-16(25)14-24)22-13-17(15-9-7-6-8-10-15)23-19(26)27-20(2,3)4/h6-10,16-17,25H,5,11-14H2,1-4H3,(H,21,22)(H,23,26)/t16-,17?/m1/s1. The van der Waals surface area contributed by atoms with Crippen molar-refractivity contribution in [1.82, 2.24) is 15.5 Å².